The molecule has 0 atom stereocenters. The van der Waals surface area contributed by atoms with Gasteiger partial charge in [-0.3, -0.25) is 4.79 Å². The summed E-state index contributed by atoms with van der Waals surface area (Å²) in [5, 5.41) is 8.95. The van der Waals surface area contributed by atoms with Gasteiger partial charge in [0.2, 0.25) is 0 Å². The molecule has 0 radical (unpaired) electrons. The lowest BCUT2D eigenvalue weighted by Crippen LogP contribution is -2.57. The molecule has 0 aromatic carbocycles. The Morgan fingerprint density at radius 1 is 1.29 bits per heavy atom. The predicted molar refractivity (Wildman–Crippen MR) is 51.0 cm³/mol. The molecule has 1 aliphatic rings. The lowest BCUT2D eigenvalue weighted by molar-refractivity contribution is -0.309. The predicted octanol–water partition coefficient (Wildman–Crippen LogP) is 1.64. The molecule has 1 aliphatic carbocycles. The van der Waals surface area contributed by atoms with Crippen LogP contribution in [0.25, 0.3) is 0 Å². The number of rotatable bonds is 5. The highest BCUT2D eigenvalue weighted by Gasteiger charge is 2.58. The summed E-state index contributed by atoms with van der Waals surface area (Å²) in [7, 11) is 0. The van der Waals surface area contributed by atoms with Gasteiger partial charge in [0.05, 0.1) is 5.41 Å². The number of carbonyl (C=O) groups is 1. The molecule has 0 aliphatic heterocycles. The first-order chi connectivity index (χ1) is 6.48. The van der Waals surface area contributed by atoms with Crippen molar-refractivity contribution in [2.45, 2.75) is 39.4 Å². The smallest absolute Gasteiger partial charge is 0.309 e. The Morgan fingerprint density at radius 3 is 2.00 bits per heavy atom. The summed E-state index contributed by atoms with van der Waals surface area (Å²) in [6.45, 7) is 6.60. The highest BCUT2D eigenvalue weighted by molar-refractivity contribution is 5.75. The van der Waals surface area contributed by atoms with Crippen molar-refractivity contribution in [1.29, 1.82) is 0 Å². The lowest BCUT2D eigenvalue weighted by atomic mass is 9.65. The second-order valence-corrected chi connectivity index (χ2v) is 4.00. The summed E-state index contributed by atoms with van der Waals surface area (Å²) >= 11 is 0. The maximum Gasteiger partial charge on any atom is 0.309 e. The molecule has 4 heteroatoms. The topological polar surface area (TPSA) is 55.8 Å². The zero-order valence-electron chi connectivity index (χ0n) is 9.00. The van der Waals surface area contributed by atoms with Crippen LogP contribution in [-0.4, -0.2) is 30.1 Å². The average Bonchev–Trinajstić information content (AvgIpc) is 2.02. The van der Waals surface area contributed by atoms with Crippen LogP contribution in [0.15, 0.2) is 0 Å². The van der Waals surface area contributed by atoms with Gasteiger partial charge in [-0.2, -0.15) is 0 Å². The van der Waals surface area contributed by atoms with Crippen LogP contribution < -0.4 is 0 Å². The van der Waals surface area contributed by atoms with Crippen molar-refractivity contribution in [2.75, 3.05) is 13.2 Å². The first-order valence-electron chi connectivity index (χ1n) is 4.99. The molecule has 0 aromatic heterocycles. The maximum absolute atomic E-state index is 10.9. The van der Waals surface area contributed by atoms with Crippen molar-refractivity contribution in [1.82, 2.24) is 0 Å². The van der Waals surface area contributed by atoms with E-state index in [0.717, 1.165) is 0 Å². The van der Waals surface area contributed by atoms with E-state index < -0.39 is 17.2 Å². The summed E-state index contributed by atoms with van der Waals surface area (Å²) in [6.07, 6.45) is 0.883. The van der Waals surface area contributed by atoms with Crippen molar-refractivity contribution in [3.63, 3.8) is 0 Å². The number of aliphatic carboxylic acids is 1. The number of hydrogen-bond acceptors (Lipinski definition) is 3. The first-order valence-corrected chi connectivity index (χ1v) is 4.99. The van der Waals surface area contributed by atoms with Gasteiger partial charge in [0, 0.05) is 26.1 Å². The van der Waals surface area contributed by atoms with E-state index in [-0.39, 0.29) is 0 Å². The zero-order chi connectivity index (χ0) is 10.8. The van der Waals surface area contributed by atoms with Crippen LogP contribution in [0.4, 0.5) is 0 Å². The fourth-order valence-electron chi connectivity index (χ4n) is 2.06. The van der Waals surface area contributed by atoms with Crippen LogP contribution in [0.3, 0.4) is 0 Å². The summed E-state index contributed by atoms with van der Waals surface area (Å²) in [4.78, 5) is 10.9. The monoisotopic (exact) mass is 202 g/mol. The van der Waals surface area contributed by atoms with Crippen LogP contribution in [0.2, 0.25) is 0 Å². The normalized spacial score (nSPS) is 22.8. The van der Waals surface area contributed by atoms with Crippen LogP contribution in [0.1, 0.15) is 33.6 Å². The molecule has 0 amide bonds. The van der Waals surface area contributed by atoms with Crippen LogP contribution >= 0.6 is 0 Å². The van der Waals surface area contributed by atoms with Gasteiger partial charge in [0.1, 0.15) is 0 Å². The molecule has 1 N–H and O–H groups in total. The fraction of sp³-hybridized carbons (Fsp3) is 0.900. The molecule has 1 rings (SSSR count). The van der Waals surface area contributed by atoms with Gasteiger partial charge < -0.3 is 14.6 Å². The van der Waals surface area contributed by atoms with Crippen molar-refractivity contribution >= 4 is 5.97 Å². The SMILES string of the molecule is CCOC1(OCC)CC(C)(C(=O)O)C1. The van der Waals surface area contributed by atoms with Gasteiger partial charge in [0.25, 0.3) is 0 Å². The minimum Gasteiger partial charge on any atom is -0.481 e. The third-order valence-corrected chi connectivity index (χ3v) is 2.65. The van der Waals surface area contributed by atoms with E-state index in [0.29, 0.717) is 26.1 Å². The van der Waals surface area contributed by atoms with Crippen LogP contribution in [0.5, 0.6) is 0 Å². The average molecular weight is 202 g/mol. The molecule has 82 valence electrons. The second-order valence-electron chi connectivity index (χ2n) is 4.00. The molecule has 1 fully saturated rings. The maximum atomic E-state index is 10.9. The summed E-state index contributed by atoms with van der Waals surface area (Å²) in [5.74, 6) is -1.41. The van der Waals surface area contributed by atoms with Crippen LogP contribution in [-0.2, 0) is 14.3 Å². The Hall–Kier alpha value is -0.610. The molecular formula is C10H18O4. The molecule has 0 aromatic rings. The van der Waals surface area contributed by atoms with Crippen molar-refractivity contribution < 1.29 is 19.4 Å². The molecule has 1 saturated carbocycles. The van der Waals surface area contributed by atoms with Gasteiger partial charge >= 0.3 is 5.97 Å². The van der Waals surface area contributed by atoms with Gasteiger partial charge in [-0.25, -0.2) is 0 Å². The summed E-state index contributed by atoms with van der Waals surface area (Å²) in [6, 6.07) is 0. The Morgan fingerprint density at radius 2 is 1.71 bits per heavy atom. The first kappa shape index (κ1) is 11.5. The molecule has 0 saturated heterocycles. The van der Waals surface area contributed by atoms with E-state index in [1.165, 1.54) is 0 Å². The quantitative estimate of drug-likeness (QED) is 0.688. The van der Waals surface area contributed by atoms with E-state index in [1.807, 2.05) is 13.8 Å². The van der Waals surface area contributed by atoms with E-state index in [1.54, 1.807) is 6.92 Å². The van der Waals surface area contributed by atoms with Crippen molar-refractivity contribution in [3.05, 3.63) is 0 Å². The van der Waals surface area contributed by atoms with E-state index in [2.05, 4.69) is 0 Å². The highest BCUT2D eigenvalue weighted by Crippen LogP contribution is 2.51. The minimum absolute atomic E-state index is 0.441. The van der Waals surface area contributed by atoms with Gasteiger partial charge in [-0.1, -0.05) is 0 Å². The molecule has 0 unspecified atom stereocenters. The second kappa shape index (κ2) is 3.87. The fourth-order valence-corrected chi connectivity index (χ4v) is 2.06. The Balaban J connectivity index is 2.58. The molecular weight excluding hydrogens is 184 g/mol. The summed E-state index contributed by atoms with van der Waals surface area (Å²) in [5.41, 5.74) is -0.676. The lowest BCUT2D eigenvalue weighted by Gasteiger charge is -2.50. The van der Waals surface area contributed by atoms with Gasteiger partial charge in [-0.15, -0.1) is 0 Å². The Labute approximate surface area is 84.2 Å². The molecule has 4 nitrogen and oxygen atoms in total. The Bertz CT molecular complexity index is 210. The van der Waals surface area contributed by atoms with Crippen molar-refractivity contribution in [2.24, 2.45) is 5.41 Å². The van der Waals surface area contributed by atoms with E-state index in [9.17, 15) is 4.79 Å². The molecule has 0 bridgehead atoms. The Kier molecular flexibility index (Phi) is 3.17. The highest BCUT2D eigenvalue weighted by atomic mass is 16.7. The van der Waals surface area contributed by atoms with Crippen molar-refractivity contribution in [3.8, 4) is 0 Å². The minimum atomic E-state index is -0.771. The molecule has 0 spiro atoms. The number of ether oxygens (including phenoxy) is 2. The van der Waals surface area contributed by atoms with E-state index in [4.69, 9.17) is 14.6 Å². The van der Waals surface area contributed by atoms with Gasteiger partial charge in [0.15, 0.2) is 5.79 Å². The van der Waals surface area contributed by atoms with E-state index >= 15 is 0 Å². The number of carboxylic acid groups (broad SMARTS) is 1. The standard InChI is InChI=1S/C10H18O4/c1-4-13-10(14-5-2)6-9(3,7-10)8(11)12/h4-7H2,1-3H3,(H,11,12). The zero-order valence-corrected chi connectivity index (χ0v) is 9.00. The molecule has 14 heavy (non-hydrogen) atoms. The largest absolute Gasteiger partial charge is 0.481 e. The third kappa shape index (κ3) is 1.91. The number of carboxylic acids is 1. The number of hydrogen-bond donors (Lipinski definition) is 1. The third-order valence-electron chi connectivity index (χ3n) is 2.65. The molecule has 0 heterocycles. The summed E-state index contributed by atoms with van der Waals surface area (Å²) < 4.78 is 10.9. The van der Waals surface area contributed by atoms with Crippen LogP contribution in [0, 0.1) is 5.41 Å². The van der Waals surface area contributed by atoms with Gasteiger partial charge in [-0.05, 0) is 20.8 Å².